The number of para-hydroxylation sites is 1. The van der Waals surface area contributed by atoms with Crippen molar-refractivity contribution in [2.75, 3.05) is 18.4 Å². The van der Waals surface area contributed by atoms with Crippen LogP contribution in [0.4, 0.5) is 10.1 Å². The summed E-state index contributed by atoms with van der Waals surface area (Å²) in [5.74, 6) is -0.607. The molecule has 6 heteroatoms. The van der Waals surface area contributed by atoms with Crippen molar-refractivity contribution in [3.8, 4) is 0 Å². The topological polar surface area (TPSA) is 53.2 Å². The summed E-state index contributed by atoms with van der Waals surface area (Å²) >= 11 is 5.25. The molecule has 0 aliphatic rings. The first-order valence-corrected chi connectivity index (χ1v) is 8.17. The van der Waals surface area contributed by atoms with Crippen molar-refractivity contribution < 1.29 is 9.18 Å². The van der Waals surface area contributed by atoms with Crippen LogP contribution >= 0.6 is 12.2 Å². The molecule has 0 aliphatic heterocycles. The van der Waals surface area contributed by atoms with Crippen LogP contribution in [-0.4, -0.2) is 24.1 Å². The van der Waals surface area contributed by atoms with E-state index in [4.69, 9.17) is 12.2 Å². The van der Waals surface area contributed by atoms with Crippen LogP contribution in [0.5, 0.6) is 0 Å². The first-order chi connectivity index (χ1) is 11.6. The quantitative estimate of drug-likeness (QED) is 0.556. The van der Waals surface area contributed by atoms with Crippen LogP contribution in [-0.2, 0) is 6.42 Å². The number of benzene rings is 2. The zero-order valence-electron chi connectivity index (χ0n) is 13.4. The third-order valence-corrected chi connectivity index (χ3v) is 3.70. The van der Waals surface area contributed by atoms with Crippen molar-refractivity contribution in [3.05, 3.63) is 65.5 Å². The molecule has 3 N–H and O–H groups in total. The van der Waals surface area contributed by atoms with Gasteiger partial charge in [-0.25, -0.2) is 4.39 Å². The molecule has 2 rings (SSSR count). The zero-order valence-corrected chi connectivity index (χ0v) is 14.3. The minimum atomic E-state index is -0.364. The number of halogens is 1. The van der Waals surface area contributed by atoms with Crippen molar-refractivity contribution in [2.45, 2.75) is 13.3 Å². The second-order valence-electron chi connectivity index (χ2n) is 5.15. The summed E-state index contributed by atoms with van der Waals surface area (Å²) in [4.78, 5) is 11.9. The van der Waals surface area contributed by atoms with Crippen LogP contribution < -0.4 is 16.0 Å². The van der Waals surface area contributed by atoms with E-state index in [0.29, 0.717) is 23.8 Å². The first-order valence-electron chi connectivity index (χ1n) is 7.76. The van der Waals surface area contributed by atoms with Gasteiger partial charge >= 0.3 is 0 Å². The molecule has 0 bridgehead atoms. The monoisotopic (exact) mass is 345 g/mol. The molecule has 24 heavy (non-hydrogen) atoms. The van der Waals surface area contributed by atoms with Gasteiger partial charge in [-0.05, 0) is 54.5 Å². The number of hydrogen-bond donors (Lipinski definition) is 3. The SMILES string of the molecule is CCc1ccccc1NC(=S)NCCNC(=O)c1ccc(F)cc1. The molecule has 0 atom stereocenters. The molecule has 0 fully saturated rings. The molecule has 0 spiro atoms. The second-order valence-corrected chi connectivity index (χ2v) is 5.56. The van der Waals surface area contributed by atoms with Crippen LogP contribution in [0.15, 0.2) is 48.5 Å². The van der Waals surface area contributed by atoms with E-state index in [1.165, 1.54) is 29.8 Å². The molecule has 0 unspecified atom stereocenters. The van der Waals surface area contributed by atoms with Gasteiger partial charge in [-0.15, -0.1) is 0 Å². The van der Waals surface area contributed by atoms with Gasteiger partial charge in [0.25, 0.3) is 5.91 Å². The Labute approximate surface area is 146 Å². The highest BCUT2D eigenvalue weighted by molar-refractivity contribution is 7.80. The fourth-order valence-corrected chi connectivity index (χ4v) is 2.38. The van der Waals surface area contributed by atoms with E-state index in [-0.39, 0.29) is 11.7 Å². The van der Waals surface area contributed by atoms with Crippen LogP contribution in [0, 0.1) is 5.82 Å². The molecule has 0 aliphatic carbocycles. The lowest BCUT2D eigenvalue weighted by atomic mass is 10.1. The van der Waals surface area contributed by atoms with Crippen LogP contribution in [0.2, 0.25) is 0 Å². The fourth-order valence-electron chi connectivity index (χ4n) is 2.17. The van der Waals surface area contributed by atoms with Gasteiger partial charge in [0.05, 0.1) is 0 Å². The highest BCUT2D eigenvalue weighted by atomic mass is 32.1. The minimum Gasteiger partial charge on any atom is -0.361 e. The summed E-state index contributed by atoms with van der Waals surface area (Å²) in [6.07, 6.45) is 0.916. The molecular formula is C18H20FN3OS. The van der Waals surface area contributed by atoms with E-state index in [9.17, 15) is 9.18 Å². The largest absolute Gasteiger partial charge is 0.361 e. The zero-order chi connectivity index (χ0) is 17.4. The van der Waals surface area contributed by atoms with E-state index in [2.05, 4.69) is 22.9 Å². The number of hydrogen-bond acceptors (Lipinski definition) is 2. The van der Waals surface area contributed by atoms with Crippen molar-refractivity contribution in [1.82, 2.24) is 10.6 Å². The van der Waals surface area contributed by atoms with E-state index >= 15 is 0 Å². The number of carbonyl (C=O) groups is 1. The molecule has 2 aromatic carbocycles. The van der Waals surface area contributed by atoms with Crippen LogP contribution in [0.3, 0.4) is 0 Å². The maximum absolute atomic E-state index is 12.8. The third kappa shape index (κ3) is 5.31. The number of amides is 1. The Morgan fingerprint density at radius 3 is 2.42 bits per heavy atom. The van der Waals surface area contributed by atoms with E-state index in [1.807, 2.05) is 24.3 Å². The summed E-state index contributed by atoms with van der Waals surface area (Å²) in [6, 6.07) is 13.4. The average molecular weight is 345 g/mol. The molecule has 0 radical (unpaired) electrons. The summed E-state index contributed by atoms with van der Waals surface area (Å²) in [5, 5.41) is 9.45. The molecule has 0 heterocycles. The van der Waals surface area contributed by atoms with Gasteiger partial charge in [0.1, 0.15) is 5.82 Å². The lowest BCUT2D eigenvalue weighted by molar-refractivity contribution is 0.0954. The number of aryl methyl sites for hydroxylation is 1. The molecule has 4 nitrogen and oxygen atoms in total. The number of nitrogens with one attached hydrogen (secondary N) is 3. The third-order valence-electron chi connectivity index (χ3n) is 3.45. The standard InChI is InChI=1S/C18H20FN3OS/c1-2-13-5-3-4-6-16(13)22-18(24)21-12-11-20-17(23)14-7-9-15(19)10-8-14/h3-10H,2,11-12H2,1H3,(H,20,23)(H2,21,22,24). The lowest BCUT2D eigenvalue weighted by Gasteiger charge is -2.13. The lowest BCUT2D eigenvalue weighted by Crippen LogP contribution is -2.36. The summed E-state index contributed by atoms with van der Waals surface area (Å²) in [7, 11) is 0. The van der Waals surface area contributed by atoms with Gasteiger partial charge in [0.15, 0.2) is 5.11 Å². The Balaban J connectivity index is 1.73. The van der Waals surface area contributed by atoms with Crippen molar-refractivity contribution in [2.24, 2.45) is 0 Å². The number of carbonyl (C=O) groups excluding carboxylic acids is 1. The highest BCUT2D eigenvalue weighted by Crippen LogP contribution is 2.14. The van der Waals surface area contributed by atoms with Gasteiger partial charge in [-0.1, -0.05) is 25.1 Å². The Morgan fingerprint density at radius 1 is 1.04 bits per heavy atom. The van der Waals surface area contributed by atoms with Gasteiger partial charge in [0.2, 0.25) is 0 Å². The van der Waals surface area contributed by atoms with Crippen molar-refractivity contribution >= 4 is 28.9 Å². The van der Waals surface area contributed by atoms with E-state index in [0.717, 1.165) is 12.1 Å². The molecule has 126 valence electrons. The van der Waals surface area contributed by atoms with Crippen molar-refractivity contribution in [3.63, 3.8) is 0 Å². The Bertz CT molecular complexity index is 704. The summed E-state index contributed by atoms with van der Waals surface area (Å²) in [6.45, 7) is 2.99. The number of anilines is 1. The predicted molar refractivity (Wildman–Crippen MR) is 98.8 cm³/mol. The molecule has 0 saturated heterocycles. The molecule has 1 amide bonds. The number of thiocarbonyl (C=S) groups is 1. The molecule has 2 aromatic rings. The van der Waals surface area contributed by atoms with E-state index in [1.54, 1.807) is 0 Å². The Hall–Kier alpha value is -2.47. The smallest absolute Gasteiger partial charge is 0.251 e. The van der Waals surface area contributed by atoms with Crippen LogP contribution in [0.25, 0.3) is 0 Å². The fraction of sp³-hybridized carbons (Fsp3) is 0.222. The minimum absolute atomic E-state index is 0.244. The normalized spacial score (nSPS) is 10.1. The molecule has 0 saturated carbocycles. The highest BCUT2D eigenvalue weighted by Gasteiger charge is 2.05. The van der Waals surface area contributed by atoms with Gasteiger partial charge in [-0.2, -0.15) is 0 Å². The average Bonchev–Trinajstić information content (AvgIpc) is 2.59. The maximum atomic E-state index is 12.8. The molecular weight excluding hydrogens is 325 g/mol. The summed E-state index contributed by atoms with van der Waals surface area (Å²) in [5.41, 5.74) is 2.59. The second kappa shape index (κ2) is 8.98. The van der Waals surface area contributed by atoms with Gasteiger partial charge in [0, 0.05) is 24.3 Å². The van der Waals surface area contributed by atoms with Crippen LogP contribution in [0.1, 0.15) is 22.8 Å². The first kappa shape index (κ1) is 17.9. The Morgan fingerprint density at radius 2 is 1.71 bits per heavy atom. The summed E-state index contributed by atoms with van der Waals surface area (Å²) < 4.78 is 12.8. The predicted octanol–water partition coefficient (Wildman–Crippen LogP) is 3.10. The Kier molecular flexibility index (Phi) is 6.69. The van der Waals surface area contributed by atoms with Crippen molar-refractivity contribution in [1.29, 1.82) is 0 Å². The van der Waals surface area contributed by atoms with E-state index < -0.39 is 0 Å². The van der Waals surface area contributed by atoms with Gasteiger partial charge in [-0.3, -0.25) is 4.79 Å². The maximum Gasteiger partial charge on any atom is 0.251 e. The van der Waals surface area contributed by atoms with Gasteiger partial charge < -0.3 is 16.0 Å². The number of rotatable bonds is 6. The molecule has 0 aromatic heterocycles.